The van der Waals surface area contributed by atoms with Gasteiger partial charge >= 0.3 is 0 Å². The Morgan fingerprint density at radius 2 is 2.32 bits per heavy atom. The molecule has 100 valence electrons. The third-order valence-electron chi connectivity index (χ3n) is 3.09. The molecule has 5 heteroatoms. The largest absolute Gasteiger partial charge is 0.384 e. The first-order valence-electron chi connectivity index (χ1n) is 6.09. The van der Waals surface area contributed by atoms with E-state index in [1.807, 2.05) is 25.4 Å². The maximum absolute atomic E-state index is 12.3. The topological polar surface area (TPSA) is 59.2 Å². The highest BCUT2D eigenvalue weighted by Gasteiger charge is 2.18. The second-order valence-electron chi connectivity index (χ2n) is 4.52. The minimum absolute atomic E-state index is 0.0295. The smallest absolute Gasteiger partial charge is 0.254 e. The molecule has 2 heterocycles. The Bertz CT molecular complexity index is 554. The van der Waals surface area contributed by atoms with Crippen LogP contribution in [-0.2, 0) is 6.42 Å². The second-order valence-corrected chi connectivity index (χ2v) is 5.55. The molecule has 0 aliphatic heterocycles. The van der Waals surface area contributed by atoms with Crippen molar-refractivity contribution in [2.45, 2.75) is 19.4 Å². The lowest BCUT2D eigenvalue weighted by Crippen LogP contribution is -2.36. The molecular weight excluding hydrogens is 258 g/mol. The van der Waals surface area contributed by atoms with Crippen molar-refractivity contribution in [2.75, 3.05) is 12.8 Å². The maximum Gasteiger partial charge on any atom is 0.254 e. The van der Waals surface area contributed by atoms with Crippen LogP contribution in [0.4, 0.5) is 5.82 Å². The fourth-order valence-electron chi connectivity index (χ4n) is 1.84. The Morgan fingerprint density at radius 3 is 2.95 bits per heavy atom. The number of carbonyl (C=O) groups excluding carboxylic acids is 1. The molecule has 0 radical (unpaired) electrons. The number of hydrogen-bond acceptors (Lipinski definition) is 4. The van der Waals surface area contributed by atoms with Crippen LogP contribution in [0.1, 0.15) is 22.2 Å². The van der Waals surface area contributed by atoms with Gasteiger partial charge < -0.3 is 10.6 Å². The van der Waals surface area contributed by atoms with Gasteiger partial charge in [-0.25, -0.2) is 4.98 Å². The zero-order chi connectivity index (χ0) is 13.8. The molecule has 1 amide bonds. The van der Waals surface area contributed by atoms with Gasteiger partial charge in [0.1, 0.15) is 5.82 Å². The number of nitrogen functional groups attached to an aromatic ring is 1. The Balaban J connectivity index is 2.06. The van der Waals surface area contributed by atoms with Crippen LogP contribution in [0.5, 0.6) is 0 Å². The van der Waals surface area contributed by atoms with E-state index in [1.165, 1.54) is 4.88 Å². The summed E-state index contributed by atoms with van der Waals surface area (Å²) >= 11 is 1.71. The summed E-state index contributed by atoms with van der Waals surface area (Å²) in [5.74, 6) is 0.336. The number of nitrogens with two attached hydrogens (primary N) is 1. The zero-order valence-corrected chi connectivity index (χ0v) is 11.9. The lowest BCUT2D eigenvalue weighted by molar-refractivity contribution is 0.0744. The lowest BCUT2D eigenvalue weighted by Gasteiger charge is -2.24. The number of anilines is 1. The van der Waals surface area contributed by atoms with Crippen molar-refractivity contribution in [3.8, 4) is 0 Å². The van der Waals surface area contributed by atoms with E-state index in [2.05, 4.69) is 11.1 Å². The number of carbonyl (C=O) groups is 1. The average molecular weight is 275 g/mol. The Kier molecular flexibility index (Phi) is 4.16. The molecule has 1 unspecified atom stereocenters. The zero-order valence-electron chi connectivity index (χ0n) is 11.0. The predicted octanol–water partition coefficient (Wildman–Crippen LogP) is 2.43. The number of amides is 1. The van der Waals surface area contributed by atoms with Crippen LogP contribution in [0.3, 0.4) is 0 Å². The van der Waals surface area contributed by atoms with Crippen molar-refractivity contribution in [3.63, 3.8) is 0 Å². The van der Waals surface area contributed by atoms with Gasteiger partial charge in [0.05, 0.1) is 0 Å². The molecule has 0 fully saturated rings. The minimum Gasteiger partial charge on any atom is -0.384 e. The van der Waals surface area contributed by atoms with E-state index >= 15 is 0 Å². The minimum atomic E-state index is -0.0295. The van der Waals surface area contributed by atoms with Gasteiger partial charge in [0.15, 0.2) is 0 Å². The molecule has 2 aromatic rings. The summed E-state index contributed by atoms with van der Waals surface area (Å²) in [6.45, 7) is 2.04. The van der Waals surface area contributed by atoms with Crippen LogP contribution < -0.4 is 5.73 Å². The van der Waals surface area contributed by atoms with E-state index in [1.54, 1.807) is 34.6 Å². The molecule has 0 spiro atoms. The van der Waals surface area contributed by atoms with Gasteiger partial charge in [-0.1, -0.05) is 6.07 Å². The van der Waals surface area contributed by atoms with E-state index in [0.29, 0.717) is 11.4 Å². The summed E-state index contributed by atoms with van der Waals surface area (Å²) in [6.07, 6.45) is 2.42. The lowest BCUT2D eigenvalue weighted by atomic mass is 10.1. The summed E-state index contributed by atoms with van der Waals surface area (Å²) in [6, 6.07) is 7.55. The summed E-state index contributed by atoms with van der Waals surface area (Å²) in [4.78, 5) is 19.2. The molecule has 2 rings (SSSR count). The summed E-state index contributed by atoms with van der Waals surface area (Å²) in [7, 11) is 1.82. The van der Waals surface area contributed by atoms with Crippen molar-refractivity contribution >= 4 is 23.1 Å². The van der Waals surface area contributed by atoms with Crippen molar-refractivity contribution in [1.29, 1.82) is 0 Å². The van der Waals surface area contributed by atoms with Gasteiger partial charge in [0.2, 0.25) is 0 Å². The predicted molar refractivity (Wildman–Crippen MR) is 78.2 cm³/mol. The summed E-state index contributed by atoms with van der Waals surface area (Å²) in [5, 5.41) is 2.05. The Morgan fingerprint density at radius 1 is 1.53 bits per heavy atom. The number of nitrogens with zero attached hydrogens (tertiary/aromatic N) is 2. The van der Waals surface area contributed by atoms with E-state index in [0.717, 1.165) is 6.42 Å². The Labute approximate surface area is 116 Å². The number of hydrogen-bond donors (Lipinski definition) is 1. The van der Waals surface area contributed by atoms with Crippen LogP contribution in [-0.4, -0.2) is 28.9 Å². The fourth-order valence-corrected chi connectivity index (χ4v) is 2.67. The molecule has 4 nitrogen and oxygen atoms in total. The molecule has 2 N–H and O–H groups in total. The molecule has 0 aliphatic carbocycles. The molecule has 0 aliphatic rings. The highest BCUT2D eigenvalue weighted by atomic mass is 32.1. The van der Waals surface area contributed by atoms with Gasteiger partial charge in [-0.05, 0) is 30.5 Å². The first kappa shape index (κ1) is 13.5. The van der Waals surface area contributed by atoms with Crippen LogP contribution in [0.15, 0.2) is 35.8 Å². The highest BCUT2D eigenvalue weighted by Crippen LogP contribution is 2.15. The number of thiophene rings is 1. The number of rotatable bonds is 4. The molecule has 1 atom stereocenters. The van der Waals surface area contributed by atoms with E-state index < -0.39 is 0 Å². The number of pyridine rings is 1. The van der Waals surface area contributed by atoms with Crippen molar-refractivity contribution < 1.29 is 4.79 Å². The molecule has 19 heavy (non-hydrogen) atoms. The standard InChI is InChI=1S/C14H17N3OS/c1-10(8-12-4-3-7-19-12)17(2)14(18)11-5-6-16-13(15)9-11/h3-7,9-10H,8H2,1-2H3,(H2,15,16). The fraction of sp³-hybridized carbons (Fsp3) is 0.286. The van der Waals surface area contributed by atoms with Gasteiger partial charge in [0, 0.05) is 36.1 Å². The molecule has 0 saturated carbocycles. The molecule has 2 aromatic heterocycles. The van der Waals surface area contributed by atoms with Crippen molar-refractivity contribution in [3.05, 3.63) is 46.3 Å². The first-order valence-corrected chi connectivity index (χ1v) is 6.97. The van der Waals surface area contributed by atoms with Gasteiger partial charge in [-0.15, -0.1) is 11.3 Å². The van der Waals surface area contributed by atoms with Crippen molar-refractivity contribution in [2.24, 2.45) is 0 Å². The monoisotopic (exact) mass is 275 g/mol. The molecule has 0 aromatic carbocycles. The highest BCUT2D eigenvalue weighted by molar-refractivity contribution is 7.09. The maximum atomic E-state index is 12.3. The third-order valence-corrected chi connectivity index (χ3v) is 3.98. The SMILES string of the molecule is CC(Cc1cccs1)N(C)C(=O)c1ccnc(N)c1. The van der Waals surface area contributed by atoms with Crippen molar-refractivity contribution in [1.82, 2.24) is 9.88 Å². The summed E-state index contributed by atoms with van der Waals surface area (Å²) in [5.41, 5.74) is 6.18. The normalized spacial score (nSPS) is 12.1. The van der Waals surface area contributed by atoms with E-state index in [4.69, 9.17) is 5.73 Å². The van der Waals surface area contributed by atoms with Crippen LogP contribution in [0.2, 0.25) is 0 Å². The van der Waals surface area contributed by atoms with Crippen LogP contribution in [0, 0.1) is 0 Å². The van der Waals surface area contributed by atoms with Gasteiger partial charge in [-0.2, -0.15) is 0 Å². The van der Waals surface area contributed by atoms with Gasteiger partial charge in [0.25, 0.3) is 5.91 Å². The van der Waals surface area contributed by atoms with Gasteiger partial charge in [-0.3, -0.25) is 4.79 Å². The van der Waals surface area contributed by atoms with Crippen LogP contribution in [0.25, 0.3) is 0 Å². The first-order chi connectivity index (χ1) is 9.08. The van der Waals surface area contributed by atoms with E-state index in [9.17, 15) is 4.79 Å². The quantitative estimate of drug-likeness (QED) is 0.932. The molecular formula is C14H17N3OS. The molecule has 0 bridgehead atoms. The molecule has 0 saturated heterocycles. The Hall–Kier alpha value is -1.88. The van der Waals surface area contributed by atoms with E-state index in [-0.39, 0.29) is 11.9 Å². The number of likely N-dealkylation sites (N-methyl/N-ethyl adjacent to an activating group) is 1. The summed E-state index contributed by atoms with van der Waals surface area (Å²) < 4.78 is 0. The van der Waals surface area contributed by atoms with Crippen LogP contribution >= 0.6 is 11.3 Å². The second kappa shape index (κ2) is 5.84. The average Bonchev–Trinajstić information content (AvgIpc) is 2.89. The number of aromatic nitrogens is 1. The third kappa shape index (κ3) is 3.32.